The van der Waals surface area contributed by atoms with Gasteiger partial charge in [0.25, 0.3) is 0 Å². The summed E-state index contributed by atoms with van der Waals surface area (Å²) in [6, 6.07) is 8.50. The zero-order chi connectivity index (χ0) is 33.0. The van der Waals surface area contributed by atoms with E-state index in [0.717, 1.165) is 67.5 Å². The van der Waals surface area contributed by atoms with Crippen LogP contribution >= 0.6 is 0 Å². The fourth-order valence-corrected chi connectivity index (χ4v) is 8.21. The summed E-state index contributed by atoms with van der Waals surface area (Å²) in [4.78, 5) is 0. The second-order valence-electron chi connectivity index (χ2n) is 13.5. The van der Waals surface area contributed by atoms with E-state index in [4.69, 9.17) is 28.4 Å². The summed E-state index contributed by atoms with van der Waals surface area (Å²) in [6.07, 6.45) is 0. The van der Waals surface area contributed by atoms with Gasteiger partial charge in [-0.15, -0.1) is 0 Å². The summed E-state index contributed by atoms with van der Waals surface area (Å²) in [5, 5.41) is 23.4. The van der Waals surface area contributed by atoms with E-state index in [-0.39, 0.29) is 55.5 Å². The van der Waals surface area contributed by atoms with Gasteiger partial charge in [-0.25, -0.2) is 0 Å². The normalized spacial score (nSPS) is 21.7. The molecule has 4 aromatic carbocycles. The van der Waals surface area contributed by atoms with Crippen LogP contribution in [0.3, 0.4) is 0 Å². The van der Waals surface area contributed by atoms with Crippen molar-refractivity contribution in [2.75, 3.05) is 20.4 Å². The van der Waals surface area contributed by atoms with Crippen molar-refractivity contribution in [1.29, 1.82) is 0 Å². The molecule has 3 aliphatic heterocycles. The molecule has 2 unspecified atom stereocenters. The fraction of sp³-hybridized carbons (Fsp3) is 0.385. The van der Waals surface area contributed by atoms with Crippen LogP contribution in [0.5, 0.6) is 46.0 Å². The molecular weight excluding hydrogens is 596 g/mol. The van der Waals surface area contributed by atoms with Gasteiger partial charge in [-0.3, -0.25) is 0 Å². The maximum atomic E-state index is 11.7. The van der Waals surface area contributed by atoms with Crippen molar-refractivity contribution >= 4 is 0 Å². The van der Waals surface area contributed by atoms with Gasteiger partial charge in [0.15, 0.2) is 0 Å². The van der Waals surface area contributed by atoms with Crippen molar-refractivity contribution in [2.45, 2.75) is 79.1 Å². The Morgan fingerprint density at radius 2 is 0.596 bits per heavy atom. The van der Waals surface area contributed by atoms with E-state index >= 15 is 0 Å². The van der Waals surface area contributed by atoms with Crippen LogP contribution in [0, 0.1) is 27.7 Å². The lowest BCUT2D eigenvalue weighted by Crippen LogP contribution is -2.21. The van der Waals surface area contributed by atoms with E-state index < -0.39 is 0 Å². The van der Waals surface area contributed by atoms with Crippen LogP contribution in [0.1, 0.15) is 118 Å². The monoisotopic (exact) mass is 636 g/mol. The van der Waals surface area contributed by atoms with Gasteiger partial charge in [-0.05, 0) is 52.0 Å². The Morgan fingerprint density at radius 1 is 0.383 bits per heavy atom. The van der Waals surface area contributed by atoms with Crippen molar-refractivity contribution in [3.63, 3.8) is 0 Å². The highest BCUT2D eigenvalue weighted by Crippen LogP contribution is 2.54. The minimum absolute atomic E-state index is 0.0234. The average molecular weight is 637 g/mol. The largest absolute Gasteiger partial charge is 0.507 e. The highest BCUT2D eigenvalue weighted by atomic mass is 16.7. The first-order chi connectivity index (χ1) is 22.5. The zero-order valence-electron chi connectivity index (χ0n) is 28.1. The number of aromatic hydroxyl groups is 2. The molecule has 0 amide bonds. The highest BCUT2D eigenvalue weighted by Gasteiger charge is 2.36. The molecule has 3 heterocycles. The van der Waals surface area contributed by atoms with E-state index in [1.807, 2.05) is 46.8 Å². The first-order valence-corrected chi connectivity index (χ1v) is 16.3. The van der Waals surface area contributed by atoms with Gasteiger partial charge in [0.1, 0.15) is 46.0 Å². The molecule has 8 rings (SSSR count). The lowest BCUT2D eigenvalue weighted by atomic mass is 9.78. The molecule has 8 heteroatoms. The standard InChI is InChI=1S/C39H40O8/c1-16-24-9-26-17(2)28-11-30-19(4)31-12-29-18(3)27-10-25(16)33(41)21(6)35(27)43-14-45-37(29)23(8)39(31)47-15-46-38(30)22(7)36(28)44-13-42-34(26)20(5)32(24)40/h9-12,16-19,40-41H,13-15H2,1-8H3/t16?,17-,18+,19?. The predicted molar refractivity (Wildman–Crippen MR) is 176 cm³/mol. The molecule has 8 nitrogen and oxygen atoms in total. The van der Waals surface area contributed by atoms with Gasteiger partial charge in [0, 0.05) is 90.4 Å². The number of ether oxygens (including phenoxy) is 6. The second-order valence-corrected chi connectivity index (χ2v) is 13.5. The molecule has 0 aromatic heterocycles. The van der Waals surface area contributed by atoms with E-state index in [0.29, 0.717) is 33.8 Å². The SMILES string of the molecule is Cc1c(O)c2cc3c1OCOc1c(cc4c(c1C)OCOc1c(cc5c(c1C)OCOc1c(cc(c(O)c1C)C2C)[C@@H]5C)C4C)[C@@H]3C. The van der Waals surface area contributed by atoms with Crippen LogP contribution in [0.4, 0.5) is 0 Å². The Labute approximate surface area is 274 Å². The summed E-state index contributed by atoms with van der Waals surface area (Å²) in [6.45, 7) is 16.3. The van der Waals surface area contributed by atoms with E-state index in [9.17, 15) is 10.2 Å². The third-order valence-electron chi connectivity index (χ3n) is 11.1. The van der Waals surface area contributed by atoms with Gasteiger partial charge < -0.3 is 38.6 Å². The highest BCUT2D eigenvalue weighted by molar-refractivity contribution is 5.68. The molecule has 0 spiro atoms. The molecule has 4 aliphatic rings. The summed E-state index contributed by atoms with van der Waals surface area (Å²) in [5.41, 5.74) is 10.5. The number of benzene rings is 4. The Kier molecular flexibility index (Phi) is 6.56. The molecule has 4 aromatic rings. The number of phenols is 2. The fourth-order valence-electron chi connectivity index (χ4n) is 8.21. The quantitative estimate of drug-likeness (QED) is 0.199. The van der Waals surface area contributed by atoms with Crippen molar-refractivity contribution in [1.82, 2.24) is 0 Å². The predicted octanol–water partition coefficient (Wildman–Crippen LogP) is 8.44. The third-order valence-corrected chi connectivity index (χ3v) is 11.1. The van der Waals surface area contributed by atoms with Crippen molar-refractivity contribution < 1.29 is 38.6 Å². The summed E-state index contributed by atoms with van der Waals surface area (Å²) >= 11 is 0. The maximum Gasteiger partial charge on any atom is 0.230 e. The first kappa shape index (κ1) is 29.7. The van der Waals surface area contributed by atoms with E-state index in [2.05, 4.69) is 32.9 Å². The Bertz CT molecular complexity index is 1870. The molecule has 0 saturated carbocycles. The first-order valence-electron chi connectivity index (χ1n) is 16.3. The molecular formula is C39H40O8. The van der Waals surface area contributed by atoms with Gasteiger partial charge in [0.05, 0.1) is 0 Å². The minimum atomic E-state index is -0.357. The third kappa shape index (κ3) is 4.06. The summed E-state index contributed by atoms with van der Waals surface area (Å²) in [7, 11) is 0. The van der Waals surface area contributed by atoms with Gasteiger partial charge >= 0.3 is 0 Å². The van der Waals surface area contributed by atoms with E-state index in [1.165, 1.54) is 0 Å². The summed E-state index contributed by atoms with van der Waals surface area (Å²) in [5.74, 6) is 3.67. The molecule has 0 saturated heterocycles. The number of phenolic OH excluding ortho intramolecular Hbond substituents is 2. The average Bonchev–Trinajstić information content (AvgIpc) is 3.03. The number of hydrogen-bond acceptors (Lipinski definition) is 8. The van der Waals surface area contributed by atoms with Gasteiger partial charge in [0.2, 0.25) is 20.4 Å². The van der Waals surface area contributed by atoms with Crippen LogP contribution in [0.2, 0.25) is 0 Å². The lowest BCUT2D eigenvalue weighted by Gasteiger charge is -2.34. The van der Waals surface area contributed by atoms with Crippen molar-refractivity contribution in [2.24, 2.45) is 0 Å². The maximum absolute atomic E-state index is 11.7. The van der Waals surface area contributed by atoms with Crippen LogP contribution in [0.15, 0.2) is 24.3 Å². The van der Waals surface area contributed by atoms with Crippen molar-refractivity contribution in [3.8, 4) is 46.0 Å². The minimum Gasteiger partial charge on any atom is -0.507 e. The Morgan fingerprint density at radius 3 is 0.872 bits per heavy atom. The molecule has 47 heavy (non-hydrogen) atoms. The topological polar surface area (TPSA) is 95.8 Å². The van der Waals surface area contributed by atoms with E-state index in [1.54, 1.807) is 0 Å². The molecule has 0 radical (unpaired) electrons. The van der Waals surface area contributed by atoms with Crippen LogP contribution < -0.4 is 28.4 Å². The molecule has 2 N–H and O–H groups in total. The second kappa shape index (κ2) is 10.4. The van der Waals surface area contributed by atoms with Crippen LogP contribution in [-0.4, -0.2) is 30.6 Å². The molecule has 1 aliphatic carbocycles. The number of rotatable bonds is 0. The molecule has 8 bridgehead atoms. The zero-order valence-corrected chi connectivity index (χ0v) is 28.1. The van der Waals surface area contributed by atoms with Gasteiger partial charge in [-0.1, -0.05) is 27.7 Å². The van der Waals surface area contributed by atoms with Gasteiger partial charge in [-0.2, -0.15) is 0 Å². The molecule has 244 valence electrons. The van der Waals surface area contributed by atoms with Crippen LogP contribution in [0.25, 0.3) is 0 Å². The lowest BCUT2D eigenvalue weighted by molar-refractivity contribution is 0.101. The number of hydrogen-bond donors (Lipinski definition) is 2. The number of fused-ring (bicyclic) bond motifs is 2. The Balaban J connectivity index is 1.52. The molecule has 4 atom stereocenters. The van der Waals surface area contributed by atoms with Crippen molar-refractivity contribution in [3.05, 3.63) is 91.0 Å². The smallest absolute Gasteiger partial charge is 0.230 e. The van der Waals surface area contributed by atoms with Crippen LogP contribution in [-0.2, 0) is 0 Å². The Hall–Kier alpha value is -4.72. The summed E-state index contributed by atoms with van der Waals surface area (Å²) < 4.78 is 37.9. The molecule has 0 fully saturated rings.